The highest BCUT2D eigenvalue weighted by molar-refractivity contribution is 5.90. The van der Waals surface area contributed by atoms with E-state index in [0.29, 0.717) is 24.4 Å². The van der Waals surface area contributed by atoms with E-state index >= 15 is 0 Å². The van der Waals surface area contributed by atoms with E-state index in [-0.39, 0.29) is 23.8 Å². The number of nitrogen functional groups attached to an aromatic ring is 1. The van der Waals surface area contributed by atoms with Gasteiger partial charge in [-0.3, -0.25) is 9.88 Å². The number of ether oxygens (including phenoxy) is 1. The lowest BCUT2D eigenvalue weighted by atomic mass is 9.99. The highest BCUT2D eigenvalue weighted by Gasteiger charge is 2.24. The predicted octanol–water partition coefficient (Wildman–Crippen LogP) is 2.93. The first-order valence-corrected chi connectivity index (χ1v) is 12.0. The third-order valence-electron chi connectivity index (χ3n) is 6.30. The molecule has 9 nitrogen and oxygen atoms in total. The molecule has 1 aromatic carbocycles. The van der Waals surface area contributed by atoms with E-state index in [9.17, 15) is 4.79 Å². The number of nitrogens with two attached hydrogens (primary N) is 1. The number of hydrogen-bond acceptors (Lipinski definition) is 7. The minimum Gasteiger partial charge on any atom is -0.373 e. The van der Waals surface area contributed by atoms with Crippen molar-refractivity contribution in [3.63, 3.8) is 0 Å². The minimum absolute atomic E-state index is 0.120. The van der Waals surface area contributed by atoms with Crippen molar-refractivity contribution in [2.45, 2.75) is 46.4 Å². The molecule has 182 valence electrons. The van der Waals surface area contributed by atoms with E-state index in [1.807, 2.05) is 56.3 Å². The van der Waals surface area contributed by atoms with E-state index in [1.165, 1.54) is 9.08 Å². The molecule has 0 amide bonds. The number of aromatic nitrogens is 5. The summed E-state index contributed by atoms with van der Waals surface area (Å²) in [4.78, 5) is 24.9. The lowest BCUT2D eigenvalue weighted by Gasteiger charge is -2.35. The fourth-order valence-electron chi connectivity index (χ4n) is 5.00. The van der Waals surface area contributed by atoms with E-state index in [0.717, 1.165) is 41.2 Å². The SMILES string of the molecule is Cc1cc(-c2c(-c3ccccc3)nc(N)n3c(=O)n(CCN4C[C@@H](C)O[C@@H](C)C4)nc23)cc(C)n1. The Hall–Kier alpha value is -3.56. The first kappa shape index (κ1) is 23.2. The van der Waals surface area contributed by atoms with Crippen LogP contribution in [0.25, 0.3) is 28.0 Å². The molecular formula is C26H31N7O2. The van der Waals surface area contributed by atoms with E-state index < -0.39 is 0 Å². The second kappa shape index (κ2) is 9.24. The number of fused-ring (bicyclic) bond motifs is 1. The average Bonchev–Trinajstić information content (AvgIpc) is 3.13. The number of anilines is 1. The van der Waals surface area contributed by atoms with E-state index in [4.69, 9.17) is 20.6 Å². The van der Waals surface area contributed by atoms with Crippen molar-refractivity contribution in [2.24, 2.45) is 0 Å². The first-order valence-electron chi connectivity index (χ1n) is 12.0. The monoisotopic (exact) mass is 473 g/mol. The van der Waals surface area contributed by atoms with Crippen LogP contribution in [0.3, 0.4) is 0 Å². The van der Waals surface area contributed by atoms with Crippen LogP contribution < -0.4 is 11.4 Å². The largest absolute Gasteiger partial charge is 0.373 e. The van der Waals surface area contributed by atoms with Crippen molar-refractivity contribution in [1.82, 2.24) is 29.0 Å². The Kier molecular flexibility index (Phi) is 6.12. The van der Waals surface area contributed by atoms with Gasteiger partial charge in [0, 0.05) is 36.6 Å². The van der Waals surface area contributed by atoms with Crippen molar-refractivity contribution in [3.05, 3.63) is 64.3 Å². The lowest BCUT2D eigenvalue weighted by molar-refractivity contribution is -0.0687. The van der Waals surface area contributed by atoms with Crippen LogP contribution in [-0.2, 0) is 11.3 Å². The van der Waals surface area contributed by atoms with Crippen molar-refractivity contribution >= 4 is 11.6 Å². The normalized spacial score (nSPS) is 18.9. The Labute approximate surface area is 204 Å². The van der Waals surface area contributed by atoms with Crippen molar-refractivity contribution in [1.29, 1.82) is 0 Å². The first-order chi connectivity index (χ1) is 16.8. The Morgan fingerprint density at radius 2 is 1.63 bits per heavy atom. The number of rotatable bonds is 5. The van der Waals surface area contributed by atoms with Gasteiger partial charge < -0.3 is 10.5 Å². The molecule has 5 rings (SSSR count). The van der Waals surface area contributed by atoms with Gasteiger partial charge in [0.2, 0.25) is 5.95 Å². The van der Waals surface area contributed by atoms with Gasteiger partial charge in [0.05, 0.1) is 30.0 Å². The molecule has 4 heterocycles. The van der Waals surface area contributed by atoms with Gasteiger partial charge in [0.1, 0.15) is 0 Å². The van der Waals surface area contributed by atoms with Crippen LogP contribution in [-0.4, -0.2) is 60.9 Å². The van der Waals surface area contributed by atoms with E-state index in [1.54, 1.807) is 0 Å². The third kappa shape index (κ3) is 4.56. The van der Waals surface area contributed by atoms with Gasteiger partial charge in [-0.05, 0) is 45.4 Å². The van der Waals surface area contributed by atoms with Crippen LogP contribution in [0.1, 0.15) is 25.2 Å². The highest BCUT2D eigenvalue weighted by atomic mass is 16.5. The van der Waals surface area contributed by atoms with Crippen molar-refractivity contribution in [3.8, 4) is 22.4 Å². The maximum absolute atomic E-state index is 13.4. The summed E-state index contributed by atoms with van der Waals surface area (Å²) in [7, 11) is 0. The molecule has 4 aromatic rings. The van der Waals surface area contributed by atoms with Crippen molar-refractivity contribution in [2.75, 3.05) is 25.4 Å². The molecule has 0 saturated carbocycles. The molecule has 3 aromatic heterocycles. The van der Waals surface area contributed by atoms with Gasteiger partial charge >= 0.3 is 5.69 Å². The van der Waals surface area contributed by atoms with Gasteiger partial charge in [-0.2, -0.15) is 0 Å². The van der Waals surface area contributed by atoms with Crippen LogP contribution in [0.15, 0.2) is 47.3 Å². The van der Waals surface area contributed by atoms with Crippen LogP contribution in [0.2, 0.25) is 0 Å². The zero-order chi connectivity index (χ0) is 24.7. The molecule has 2 N–H and O–H groups in total. The zero-order valence-corrected chi connectivity index (χ0v) is 20.6. The summed E-state index contributed by atoms with van der Waals surface area (Å²) in [6, 6.07) is 13.8. The molecule has 1 aliphatic heterocycles. The quantitative estimate of drug-likeness (QED) is 0.475. The predicted molar refractivity (Wildman–Crippen MR) is 136 cm³/mol. The topological polar surface area (TPSA) is 104 Å². The number of benzene rings is 1. The molecule has 0 radical (unpaired) electrons. The zero-order valence-electron chi connectivity index (χ0n) is 20.6. The standard InChI is InChI=1S/C26H31N7O2/c1-16-12-21(13-17(2)28-16)22-23(20-8-6-5-7-9-20)29-25(27)33-24(22)30-32(26(33)34)11-10-31-14-18(3)35-19(4)15-31/h5-9,12-13,18-19H,10-11,14-15H2,1-4H3,(H2,27,29)/t18-,19+. The number of aryl methyl sites for hydroxylation is 2. The average molecular weight is 474 g/mol. The molecule has 2 atom stereocenters. The summed E-state index contributed by atoms with van der Waals surface area (Å²) in [5, 5.41) is 4.79. The maximum atomic E-state index is 13.4. The summed E-state index contributed by atoms with van der Waals surface area (Å²) in [6.45, 7) is 10.9. The molecule has 1 fully saturated rings. The molecule has 0 aliphatic carbocycles. The smallest absolute Gasteiger partial charge is 0.353 e. The molecule has 9 heteroatoms. The Morgan fingerprint density at radius 3 is 2.29 bits per heavy atom. The Bertz CT molecular complexity index is 1400. The molecule has 1 saturated heterocycles. The number of morpholine rings is 1. The van der Waals surface area contributed by atoms with Gasteiger partial charge in [-0.25, -0.2) is 18.9 Å². The summed E-state index contributed by atoms with van der Waals surface area (Å²) < 4.78 is 8.75. The summed E-state index contributed by atoms with van der Waals surface area (Å²) in [5.74, 6) is 0.120. The molecule has 1 aliphatic rings. The number of pyridine rings is 1. The second-order valence-corrected chi connectivity index (χ2v) is 9.38. The number of nitrogens with zero attached hydrogens (tertiary/aromatic N) is 6. The molecule has 35 heavy (non-hydrogen) atoms. The Morgan fingerprint density at radius 1 is 0.971 bits per heavy atom. The highest BCUT2D eigenvalue weighted by Crippen LogP contribution is 2.34. The van der Waals surface area contributed by atoms with Crippen LogP contribution >= 0.6 is 0 Å². The lowest BCUT2D eigenvalue weighted by Crippen LogP contribution is -2.46. The fraction of sp³-hybridized carbons (Fsp3) is 0.385. The fourth-order valence-corrected chi connectivity index (χ4v) is 5.00. The summed E-state index contributed by atoms with van der Waals surface area (Å²) in [6.07, 6.45) is 0.323. The Balaban J connectivity index is 1.65. The van der Waals surface area contributed by atoms with Crippen molar-refractivity contribution < 1.29 is 4.74 Å². The third-order valence-corrected chi connectivity index (χ3v) is 6.30. The van der Waals surface area contributed by atoms with Crippen LogP contribution in [0, 0.1) is 13.8 Å². The summed E-state index contributed by atoms with van der Waals surface area (Å²) >= 11 is 0. The van der Waals surface area contributed by atoms with Crippen LogP contribution in [0.4, 0.5) is 5.95 Å². The molecule has 0 bridgehead atoms. The van der Waals surface area contributed by atoms with Gasteiger partial charge in [0.15, 0.2) is 5.65 Å². The number of hydrogen-bond donors (Lipinski definition) is 1. The maximum Gasteiger partial charge on any atom is 0.353 e. The van der Waals surface area contributed by atoms with Crippen LogP contribution in [0.5, 0.6) is 0 Å². The molecule has 0 unspecified atom stereocenters. The second-order valence-electron chi connectivity index (χ2n) is 9.38. The van der Waals surface area contributed by atoms with E-state index in [2.05, 4.69) is 23.7 Å². The minimum atomic E-state index is -0.289. The van der Waals surface area contributed by atoms with Gasteiger partial charge in [-0.15, -0.1) is 5.10 Å². The summed E-state index contributed by atoms with van der Waals surface area (Å²) in [5.41, 5.74) is 11.6. The molecule has 0 spiro atoms. The molecular weight excluding hydrogens is 442 g/mol. The van der Waals surface area contributed by atoms with Gasteiger partial charge in [0.25, 0.3) is 0 Å². The van der Waals surface area contributed by atoms with Gasteiger partial charge in [-0.1, -0.05) is 30.3 Å².